The van der Waals surface area contributed by atoms with Gasteiger partial charge in [0.15, 0.2) is 5.96 Å². The van der Waals surface area contributed by atoms with E-state index in [9.17, 15) is 13.2 Å². The van der Waals surface area contributed by atoms with E-state index in [1.807, 2.05) is 31.2 Å². The molecule has 0 spiro atoms. The highest BCUT2D eigenvalue weighted by Gasteiger charge is 2.28. The molecule has 25 heavy (non-hydrogen) atoms. The smallest absolute Gasteiger partial charge is 0.401 e. The third-order valence-electron chi connectivity index (χ3n) is 3.36. The molecular formula is C17H27F3N4O. The van der Waals surface area contributed by atoms with E-state index < -0.39 is 12.7 Å². The summed E-state index contributed by atoms with van der Waals surface area (Å²) in [6.45, 7) is 3.17. The van der Waals surface area contributed by atoms with Gasteiger partial charge in [0.05, 0.1) is 20.2 Å². The zero-order chi connectivity index (χ0) is 18.7. The Labute approximate surface area is 147 Å². The molecule has 1 aromatic rings. The SMILES string of the molecule is CCNC(=NCc1cccc(OC)c1)NCCCN(C)CC(F)(F)F. The van der Waals surface area contributed by atoms with Crippen molar-refractivity contribution in [3.8, 4) is 5.75 Å². The maximum absolute atomic E-state index is 12.3. The predicted octanol–water partition coefficient (Wildman–Crippen LogP) is 2.63. The van der Waals surface area contributed by atoms with Crippen molar-refractivity contribution in [2.75, 3.05) is 40.3 Å². The van der Waals surface area contributed by atoms with E-state index in [0.717, 1.165) is 11.3 Å². The summed E-state index contributed by atoms with van der Waals surface area (Å²) in [5.74, 6) is 1.42. The van der Waals surface area contributed by atoms with E-state index in [0.29, 0.717) is 38.6 Å². The van der Waals surface area contributed by atoms with Crippen molar-refractivity contribution < 1.29 is 17.9 Å². The Hall–Kier alpha value is -1.96. The Kier molecular flexibility index (Phi) is 9.12. The van der Waals surface area contributed by atoms with Crippen LogP contribution < -0.4 is 15.4 Å². The number of ether oxygens (including phenoxy) is 1. The molecule has 0 aliphatic heterocycles. The molecule has 0 aromatic heterocycles. The normalized spacial score (nSPS) is 12.4. The Morgan fingerprint density at radius 2 is 2.04 bits per heavy atom. The molecule has 0 radical (unpaired) electrons. The lowest BCUT2D eigenvalue weighted by Crippen LogP contribution is -2.39. The highest BCUT2D eigenvalue weighted by molar-refractivity contribution is 5.79. The highest BCUT2D eigenvalue weighted by Crippen LogP contribution is 2.15. The summed E-state index contributed by atoms with van der Waals surface area (Å²) in [6, 6.07) is 7.65. The highest BCUT2D eigenvalue weighted by atomic mass is 19.4. The maximum Gasteiger partial charge on any atom is 0.401 e. The molecule has 5 nitrogen and oxygen atoms in total. The van der Waals surface area contributed by atoms with Crippen LogP contribution in [-0.2, 0) is 6.54 Å². The van der Waals surface area contributed by atoms with Crippen molar-refractivity contribution in [2.45, 2.75) is 26.1 Å². The number of guanidine groups is 1. The van der Waals surface area contributed by atoms with Crippen molar-refractivity contribution in [1.29, 1.82) is 0 Å². The second-order valence-electron chi connectivity index (χ2n) is 5.68. The molecule has 0 aliphatic carbocycles. The van der Waals surface area contributed by atoms with Gasteiger partial charge in [-0.1, -0.05) is 12.1 Å². The minimum Gasteiger partial charge on any atom is -0.497 e. The van der Waals surface area contributed by atoms with Crippen LogP contribution in [0.2, 0.25) is 0 Å². The third-order valence-corrected chi connectivity index (χ3v) is 3.36. The summed E-state index contributed by atoms with van der Waals surface area (Å²) in [7, 11) is 3.08. The Morgan fingerprint density at radius 1 is 1.28 bits per heavy atom. The van der Waals surface area contributed by atoms with E-state index in [-0.39, 0.29) is 0 Å². The summed E-state index contributed by atoms with van der Waals surface area (Å²) in [4.78, 5) is 5.75. The first-order valence-electron chi connectivity index (χ1n) is 8.24. The molecule has 0 saturated carbocycles. The molecule has 8 heteroatoms. The first-order valence-corrected chi connectivity index (χ1v) is 8.24. The lowest BCUT2D eigenvalue weighted by Gasteiger charge is -2.19. The van der Waals surface area contributed by atoms with Crippen LogP contribution in [-0.4, -0.2) is 57.4 Å². The number of aliphatic imine (C=N–C) groups is 1. The number of rotatable bonds is 9. The molecule has 0 heterocycles. The Bertz CT molecular complexity index is 535. The van der Waals surface area contributed by atoms with E-state index in [2.05, 4.69) is 15.6 Å². The Balaban J connectivity index is 2.42. The number of hydrogen-bond acceptors (Lipinski definition) is 3. The molecular weight excluding hydrogens is 333 g/mol. The molecule has 2 N–H and O–H groups in total. The largest absolute Gasteiger partial charge is 0.497 e. The Morgan fingerprint density at radius 3 is 2.68 bits per heavy atom. The molecule has 0 atom stereocenters. The van der Waals surface area contributed by atoms with Crippen molar-refractivity contribution >= 4 is 5.96 Å². The van der Waals surface area contributed by atoms with Gasteiger partial charge >= 0.3 is 6.18 Å². The number of alkyl halides is 3. The molecule has 0 saturated heterocycles. The number of halogens is 3. The summed E-state index contributed by atoms with van der Waals surface area (Å²) in [5, 5.41) is 6.26. The van der Waals surface area contributed by atoms with E-state index in [4.69, 9.17) is 4.74 Å². The second-order valence-corrected chi connectivity index (χ2v) is 5.68. The van der Waals surface area contributed by atoms with E-state index in [1.165, 1.54) is 11.9 Å². The lowest BCUT2D eigenvalue weighted by atomic mass is 10.2. The van der Waals surface area contributed by atoms with Crippen molar-refractivity contribution in [2.24, 2.45) is 4.99 Å². The van der Waals surface area contributed by atoms with Crippen LogP contribution in [0.4, 0.5) is 13.2 Å². The van der Waals surface area contributed by atoms with Gasteiger partial charge in [-0.3, -0.25) is 4.90 Å². The number of methoxy groups -OCH3 is 1. The van der Waals surface area contributed by atoms with Crippen LogP contribution in [0.5, 0.6) is 5.75 Å². The molecule has 142 valence electrons. The van der Waals surface area contributed by atoms with Crippen LogP contribution in [0, 0.1) is 0 Å². The summed E-state index contributed by atoms with van der Waals surface area (Å²) in [5.41, 5.74) is 1.02. The average molecular weight is 360 g/mol. The second kappa shape index (κ2) is 10.8. The molecule has 0 amide bonds. The molecule has 1 rings (SSSR count). The fraction of sp³-hybridized carbons (Fsp3) is 0.588. The van der Waals surface area contributed by atoms with Gasteiger partial charge in [-0.05, 0) is 44.6 Å². The van der Waals surface area contributed by atoms with Crippen LogP contribution in [0.15, 0.2) is 29.3 Å². The van der Waals surface area contributed by atoms with Crippen molar-refractivity contribution in [1.82, 2.24) is 15.5 Å². The zero-order valence-electron chi connectivity index (χ0n) is 15.0. The van der Waals surface area contributed by atoms with Gasteiger partial charge in [0.1, 0.15) is 5.75 Å². The molecule has 0 bridgehead atoms. The maximum atomic E-state index is 12.3. The van der Waals surface area contributed by atoms with Gasteiger partial charge in [0.2, 0.25) is 0 Å². The predicted molar refractivity (Wildman–Crippen MR) is 94.0 cm³/mol. The molecule has 1 aromatic carbocycles. The van der Waals surface area contributed by atoms with Crippen molar-refractivity contribution in [3.63, 3.8) is 0 Å². The number of hydrogen-bond donors (Lipinski definition) is 2. The standard InChI is InChI=1S/C17H27F3N4O/c1-4-21-16(22-9-6-10-24(2)13-17(18,19)20)23-12-14-7-5-8-15(11-14)25-3/h5,7-8,11H,4,6,9-10,12-13H2,1-3H3,(H2,21,22,23). The monoisotopic (exact) mass is 360 g/mol. The van der Waals surface area contributed by atoms with Gasteiger partial charge in [-0.15, -0.1) is 0 Å². The van der Waals surface area contributed by atoms with Crippen LogP contribution >= 0.6 is 0 Å². The number of nitrogens with one attached hydrogen (secondary N) is 2. The van der Waals surface area contributed by atoms with Gasteiger partial charge < -0.3 is 15.4 Å². The van der Waals surface area contributed by atoms with Crippen LogP contribution in [0.3, 0.4) is 0 Å². The van der Waals surface area contributed by atoms with Gasteiger partial charge in [0.25, 0.3) is 0 Å². The quantitative estimate of drug-likeness (QED) is 0.404. The summed E-state index contributed by atoms with van der Waals surface area (Å²) >= 11 is 0. The number of benzene rings is 1. The first kappa shape index (κ1) is 21.1. The molecule has 0 unspecified atom stereocenters. The molecule has 0 fully saturated rings. The minimum absolute atomic E-state index is 0.363. The van der Waals surface area contributed by atoms with E-state index >= 15 is 0 Å². The average Bonchev–Trinajstić information content (AvgIpc) is 2.55. The molecule has 0 aliphatic rings. The summed E-state index contributed by atoms with van der Waals surface area (Å²) < 4.78 is 42.0. The van der Waals surface area contributed by atoms with Gasteiger partial charge in [-0.2, -0.15) is 13.2 Å². The minimum atomic E-state index is -4.16. The zero-order valence-corrected chi connectivity index (χ0v) is 15.0. The fourth-order valence-electron chi connectivity index (χ4n) is 2.22. The van der Waals surface area contributed by atoms with Gasteiger partial charge in [0, 0.05) is 13.1 Å². The van der Waals surface area contributed by atoms with Gasteiger partial charge in [-0.25, -0.2) is 4.99 Å². The lowest BCUT2D eigenvalue weighted by molar-refractivity contribution is -0.143. The fourth-order valence-corrected chi connectivity index (χ4v) is 2.22. The van der Waals surface area contributed by atoms with Crippen LogP contribution in [0.25, 0.3) is 0 Å². The first-order chi connectivity index (χ1) is 11.8. The topological polar surface area (TPSA) is 48.9 Å². The van der Waals surface area contributed by atoms with Crippen LogP contribution in [0.1, 0.15) is 18.9 Å². The number of nitrogens with zero attached hydrogens (tertiary/aromatic N) is 2. The summed E-state index contributed by atoms with van der Waals surface area (Å²) in [6.07, 6.45) is -3.56. The van der Waals surface area contributed by atoms with Crippen molar-refractivity contribution in [3.05, 3.63) is 29.8 Å². The van der Waals surface area contributed by atoms with E-state index in [1.54, 1.807) is 7.11 Å². The third kappa shape index (κ3) is 9.81.